The molecule has 1 N–H and O–H groups in total. The maximum atomic E-state index is 12.2. The molecule has 0 bridgehead atoms. The van der Waals surface area contributed by atoms with Crippen molar-refractivity contribution in [1.82, 2.24) is 4.31 Å². The number of unbranched alkanes of at least 4 members (excludes halogenated alkanes) is 1. The first-order chi connectivity index (χ1) is 11.8. The minimum atomic E-state index is -3.28. The third kappa shape index (κ3) is 5.58. The molecule has 142 valence electrons. The predicted molar refractivity (Wildman–Crippen MR) is 102 cm³/mol. The van der Waals surface area contributed by atoms with Crippen LogP contribution in [-0.4, -0.2) is 58.8 Å². The second-order valence-corrected chi connectivity index (χ2v) is 10.2. The van der Waals surface area contributed by atoms with Gasteiger partial charge in [0, 0.05) is 37.6 Å². The summed E-state index contributed by atoms with van der Waals surface area (Å²) >= 11 is 0. The molecule has 1 saturated heterocycles. The minimum absolute atomic E-state index is 0.0310. The molecule has 25 heavy (non-hydrogen) atoms. The number of benzene rings is 1. The topological polar surface area (TPSA) is 86.8 Å². The summed E-state index contributed by atoms with van der Waals surface area (Å²) in [6, 6.07) is 7.17. The zero-order valence-electron chi connectivity index (χ0n) is 14.8. The van der Waals surface area contributed by atoms with Gasteiger partial charge in [-0.1, -0.05) is 13.3 Å². The van der Waals surface area contributed by atoms with E-state index in [0.29, 0.717) is 38.3 Å². The van der Waals surface area contributed by atoms with Crippen LogP contribution in [0, 0.1) is 0 Å². The Balaban J connectivity index is 1.95. The SMILES string of the molecule is CCCCS(=O)(=O)N1CCN(c2ccc(NS(=O)(=O)CC)cc2)CC1. The van der Waals surface area contributed by atoms with Gasteiger partial charge in [-0.05, 0) is 37.6 Å². The fraction of sp³-hybridized carbons (Fsp3) is 0.625. The summed E-state index contributed by atoms with van der Waals surface area (Å²) in [7, 11) is -6.43. The molecule has 0 aliphatic carbocycles. The average Bonchev–Trinajstić information content (AvgIpc) is 2.60. The van der Waals surface area contributed by atoms with Crippen LogP contribution in [0.1, 0.15) is 26.7 Å². The van der Waals surface area contributed by atoms with Crippen molar-refractivity contribution in [3.05, 3.63) is 24.3 Å². The summed E-state index contributed by atoms with van der Waals surface area (Å²) in [5.74, 6) is 0.249. The van der Waals surface area contributed by atoms with E-state index in [4.69, 9.17) is 0 Å². The number of nitrogens with one attached hydrogen (secondary N) is 1. The molecule has 9 heteroatoms. The van der Waals surface area contributed by atoms with Crippen LogP contribution in [-0.2, 0) is 20.0 Å². The number of rotatable bonds is 8. The van der Waals surface area contributed by atoms with Crippen LogP contribution < -0.4 is 9.62 Å². The molecule has 1 aliphatic rings. The first-order valence-electron chi connectivity index (χ1n) is 8.60. The lowest BCUT2D eigenvalue weighted by molar-refractivity contribution is 0.384. The number of hydrogen-bond acceptors (Lipinski definition) is 5. The summed E-state index contributed by atoms with van der Waals surface area (Å²) in [5, 5.41) is 0. The number of sulfonamides is 2. The van der Waals surface area contributed by atoms with Gasteiger partial charge in [0.05, 0.1) is 11.5 Å². The Kier molecular flexibility index (Phi) is 6.70. The molecule has 1 aromatic rings. The van der Waals surface area contributed by atoms with Gasteiger partial charge in [-0.25, -0.2) is 16.8 Å². The number of nitrogens with zero attached hydrogens (tertiary/aromatic N) is 2. The minimum Gasteiger partial charge on any atom is -0.369 e. The van der Waals surface area contributed by atoms with E-state index >= 15 is 0 Å². The molecular weight excluding hydrogens is 362 g/mol. The van der Waals surface area contributed by atoms with Crippen molar-refractivity contribution in [3.8, 4) is 0 Å². The van der Waals surface area contributed by atoms with E-state index in [2.05, 4.69) is 9.62 Å². The number of anilines is 2. The zero-order chi connectivity index (χ0) is 18.5. The summed E-state index contributed by atoms with van der Waals surface area (Å²) in [4.78, 5) is 2.12. The predicted octanol–water partition coefficient (Wildman–Crippen LogP) is 1.70. The highest BCUT2D eigenvalue weighted by molar-refractivity contribution is 7.92. The van der Waals surface area contributed by atoms with Gasteiger partial charge in [0.15, 0.2) is 0 Å². The van der Waals surface area contributed by atoms with E-state index in [1.54, 1.807) is 23.4 Å². The molecule has 1 aromatic carbocycles. The Morgan fingerprint density at radius 3 is 2.08 bits per heavy atom. The zero-order valence-corrected chi connectivity index (χ0v) is 16.4. The second-order valence-electron chi connectivity index (χ2n) is 6.11. The van der Waals surface area contributed by atoms with E-state index in [9.17, 15) is 16.8 Å². The molecule has 2 rings (SSSR count). The summed E-state index contributed by atoms with van der Waals surface area (Å²) < 4.78 is 51.7. The molecule has 0 spiro atoms. The standard InChI is InChI=1S/C16H27N3O4S2/c1-3-5-14-25(22,23)19-12-10-18(11-13-19)16-8-6-15(7-9-16)17-24(20,21)4-2/h6-9,17H,3-5,10-14H2,1-2H3. The van der Waals surface area contributed by atoms with E-state index in [1.807, 2.05) is 19.1 Å². The van der Waals surface area contributed by atoms with Crippen molar-refractivity contribution in [2.24, 2.45) is 0 Å². The van der Waals surface area contributed by atoms with Gasteiger partial charge in [0.25, 0.3) is 0 Å². The molecule has 1 aliphatic heterocycles. The summed E-state index contributed by atoms with van der Waals surface area (Å²) in [6.07, 6.45) is 1.56. The fourth-order valence-electron chi connectivity index (χ4n) is 2.67. The molecule has 1 heterocycles. The highest BCUT2D eigenvalue weighted by Gasteiger charge is 2.26. The normalized spacial score (nSPS) is 16.8. The van der Waals surface area contributed by atoms with Gasteiger partial charge in [-0.2, -0.15) is 4.31 Å². The molecule has 0 saturated carbocycles. The Bertz CT molecular complexity index is 753. The molecule has 1 fully saturated rings. The van der Waals surface area contributed by atoms with Crippen LogP contribution in [0.25, 0.3) is 0 Å². The van der Waals surface area contributed by atoms with Crippen LogP contribution in [0.15, 0.2) is 24.3 Å². The van der Waals surface area contributed by atoms with Crippen molar-refractivity contribution in [1.29, 1.82) is 0 Å². The van der Waals surface area contributed by atoms with E-state index < -0.39 is 20.0 Å². The van der Waals surface area contributed by atoms with Gasteiger partial charge < -0.3 is 4.90 Å². The first kappa shape index (κ1) is 20.0. The number of hydrogen-bond donors (Lipinski definition) is 1. The van der Waals surface area contributed by atoms with Crippen LogP contribution in [0.3, 0.4) is 0 Å². The third-order valence-corrected chi connectivity index (χ3v) is 7.54. The monoisotopic (exact) mass is 389 g/mol. The first-order valence-corrected chi connectivity index (χ1v) is 11.9. The van der Waals surface area contributed by atoms with E-state index in [1.165, 1.54) is 0 Å². The maximum Gasteiger partial charge on any atom is 0.232 e. The molecular formula is C16H27N3O4S2. The van der Waals surface area contributed by atoms with Crippen molar-refractivity contribution >= 4 is 31.4 Å². The Labute approximate surface area is 151 Å². The Morgan fingerprint density at radius 1 is 0.960 bits per heavy atom. The Hall–Kier alpha value is -1.32. The van der Waals surface area contributed by atoms with Gasteiger partial charge >= 0.3 is 0 Å². The lowest BCUT2D eigenvalue weighted by atomic mass is 10.2. The second kappa shape index (κ2) is 8.37. The molecule has 0 atom stereocenters. The van der Waals surface area contributed by atoms with Crippen LogP contribution >= 0.6 is 0 Å². The third-order valence-electron chi connectivity index (χ3n) is 4.27. The highest BCUT2D eigenvalue weighted by atomic mass is 32.2. The van der Waals surface area contributed by atoms with Crippen molar-refractivity contribution in [2.75, 3.05) is 47.3 Å². The molecule has 0 amide bonds. The van der Waals surface area contributed by atoms with Crippen LogP contribution in [0.4, 0.5) is 11.4 Å². The molecule has 0 radical (unpaired) electrons. The van der Waals surface area contributed by atoms with Gasteiger partial charge in [-0.15, -0.1) is 0 Å². The molecule has 0 unspecified atom stereocenters. The van der Waals surface area contributed by atoms with E-state index in [-0.39, 0.29) is 11.5 Å². The smallest absolute Gasteiger partial charge is 0.232 e. The average molecular weight is 390 g/mol. The van der Waals surface area contributed by atoms with Crippen molar-refractivity contribution < 1.29 is 16.8 Å². The maximum absolute atomic E-state index is 12.2. The van der Waals surface area contributed by atoms with Crippen molar-refractivity contribution in [2.45, 2.75) is 26.7 Å². The van der Waals surface area contributed by atoms with E-state index in [0.717, 1.165) is 12.1 Å². The van der Waals surface area contributed by atoms with Gasteiger partial charge in [-0.3, -0.25) is 4.72 Å². The van der Waals surface area contributed by atoms with Crippen LogP contribution in [0.5, 0.6) is 0 Å². The van der Waals surface area contributed by atoms with Gasteiger partial charge in [0.2, 0.25) is 20.0 Å². The molecule has 0 aromatic heterocycles. The Morgan fingerprint density at radius 2 is 1.56 bits per heavy atom. The van der Waals surface area contributed by atoms with Crippen LogP contribution in [0.2, 0.25) is 0 Å². The lowest BCUT2D eigenvalue weighted by Gasteiger charge is -2.35. The lowest BCUT2D eigenvalue weighted by Crippen LogP contribution is -2.49. The largest absolute Gasteiger partial charge is 0.369 e. The van der Waals surface area contributed by atoms with Crippen molar-refractivity contribution in [3.63, 3.8) is 0 Å². The molecule has 7 nitrogen and oxygen atoms in total. The number of piperazine rings is 1. The highest BCUT2D eigenvalue weighted by Crippen LogP contribution is 2.21. The summed E-state index contributed by atoms with van der Waals surface area (Å²) in [5.41, 5.74) is 1.50. The van der Waals surface area contributed by atoms with Gasteiger partial charge in [0.1, 0.15) is 0 Å². The fourth-order valence-corrected chi connectivity index (χ4v) is 4.94. The quantitative estimate of drug-likeness (QED) is 0.731. The summed E-state index contributed by atoms with van der Waals surface area (Å²) in [6.45, 7) is 5.80.